The van der Waals surface area contributed by atoms with E-state index < -0.39 is 16.8 Å². The molecule has 35 heavy (non-hydrogen) atoms. The van der Waals surface area contributed by atoms with Gasteiger partial charge in [-0.15, -0.1) is 0 Å². The molecule has 3 aromatic rings. The number of nitriles is 1. The van der Waals surface area contributed by atoms with Gasteiger partial charge in [0.2, 0.25) is 0 Å². The van der Waals surface area contributed by atoms with E-state index in [0.29, 0.717) is 22.6 Å². The van der Waals surface area contributed by atoms with Crippen molar-refractivity contribution >= 4 is 29.3 Å². The first-order valence-corrected chi connectivity index (χ1v) is 10.1. The summed E-state index contributed by atoms with van der Waals surface area (Å²) in [5, 5.41) is 31.9. The number of nitrogens with zero attached hydrogens (tertiary/aromatic N) is 2. The van der Waals surface area contributed by atoms with Gasteiger partial charge in [0.05, 0.1) is 23.3 Å². The second-order valence-corrected chi connectivity index (χ2v) is 7.10. The van der Waals surface area contributed by atoms with Crippen molar-refractivity contribution < 1.29 is 29.1 Å². The van der Waals surface area contributed by atoms with E-state index in [1.807, 2.05) is 6.07 Å². The highest BCUT2D eigenvalue weighted by Gasteiger charge is 2.15. The zero-order chi connectivity index (χ0) is 25.4. The van der Waals surface area contributed by atoms with Crippen LogP contribution >= 0.6 is 0 Å². The predicted octanol–water partition coefficient (Wildman–Crippen LogP) is 4.43. The summed E-state index contributed by atoms with van der Waals surface area (Å²) in [6.45, 7) is 0.137. The lowest BCUT2D eigenvalue weighted by Crippen LogP contribution is -2.16. The molecule has 0 bridgehead atoms. The molecule has 0 aliphatic carbocycles. The molecule has 0 aromatic heterocycles. The van der Waals surface area contributed by atoms with Crippen molar-refractivity contribution in [3.63, 3.8) is 0 Å². The molecule has 3 aromatic carbocycles. The molecule has 0 aliphatic rings. The van der Waals surface area contributed by atoms with Crippen LogP contribution in [0.3, 0.4) is 0 Å². The standard InChI is InChI=1S/C25H19N3O7/c1-34-23-13-17(8-11-22(23)35-15-16-6-9-19(10-7-16)28(32)33)12-18(14-26)24(29)27-21-5-3-2-4-20(21)25(30)31/h2-13H,15H2,1H3,(H,27,29)(H,30,31)/b18-12+. The first kappa shape index (κ1) is 24.5. The highest BCUT2D eigenvalue weighted by molar-refractivity contribution is 6.11. The quantitative estimate of drug-likeness (QED) is 0.200. The van der Waals surface area contributed by atoms with Gasteiger partial charge in [0.1, 0.15) is 18.2 Å². The maximum absolute atomic E-state index is 12.6. The van der Waals surface area contributed by atoms with Crippen molar-refractivity contribution in [3.8, 4) is 17.6 Å². The smallest absolute Gasteiger partial charge is 0.337 e. The van der Waals surface area contributed by atoms with Crippen LogP contribution in [0.5, 0.6) is 11.5 Å². The number of methoxy groups -OCH3 is 1. The van der Waals surface area contributed by atoms with E-state index >= 15 is 0 Å². The molecule has 2 N–H and O–H groups in total. The molecular formula is C25H19N3O7. The van der Waals surface area contributed by atoms with E-state index in [4.69, 9.17) is 9.47 Å². The number of nitro groups is 1. The molecule has 0 radical (unpaired) electrons. The Morgan fingerprint density at radius 2 is 1.83 bits per heavy atom. The van der Waals surface area contributed by atoms with Gasteiger partial charge < -0.3 is 19.9 Å². The Balaban J connectivity index is 1.76. The van der Waals surface area contributed by atoms with Crippen LogP contribution in [0, 0.1) is 21.4 Å². The number of carboxylic acid groups (broad SMARTS) is 1. The number of carboxylic acids is 1. The van der Waals surface area contributed by atoms with E-state index in [2.05, 4.69) is 5.32 Å². The summed E-state index contributed by atoms with van der Waals surface area (Å²) in [5.41, 5.74) is 0.889. The zero-order valence-electron chi connectivity index (χ0n) is 18.4. The van der Waals surface area contributed by atoms with Crippen LogP contribution in [0.1, 0.15) is 21.5 Å². The van der Waals surface area contributed by atoms with Gasteiger partial charge in [-0.05, 0) is 53.6 Å². The molecule has 0 saturated carbocycles. The number of hydrogen-bond acceptors (Lipinski definition) is 7. The molecule has 1 amide bonds. The van der Waals surface area contributed by atoms with Crippen molar-refractivity contribution in [2.24, 2.45) is 0 Å². The Labute approximate surface area is 199 Å². The lowest BCUT2D eigenvalue weighted by atomic mass is 10.1. The second kappa shape index (κ2) is 11.1. The monoisotopic (exact) mass is 473 g/mol. The summed E-state index contributed by atoms with van der Waals surface area (Å²) in [7, 11) is 1.43. The van der Waals surface area contributed by atoms with E-state index in [9.17, 15) is 30.1 Å². The molecule has 0 atom stereocenters. The van der Waals surface area contributed by atoms with Crippen LogP contribution in [0.2, 0.25) is 0 Å². The number of aromatic carboxylic acids is 1. The number of benzene rings is 3. The number of carbonyl (C=O) groups excluding carboxylic acids is 1. The van der Waals surface area contributed by atoms with Crippen LogP contribution in [0.25, 0.3) is 6.08 Å². The van der Waals surface area contributed by atoms with Crippen molar-refractivity contribution in [2.75, 3.05) is 12.4 Å². The van der Waals surface area contributed by atoms with Crippen molar-refractivity contribution in [1.82, 2.24) is 0 Å². The molecule has 0 unspecified atom stereocenters. The van der Waals surface area contributed by atoms with Crippen LogP contribution < -0.4 is 14.8 Å². The van der Waals surface area contributed by atoms with Crippen LogP contribution in [-0.4, -0.2) is 29.0 Å². The third kappa shape index (κ3) is 6.21. The fourth-order valence-corrected chi connectivity index (χ4v) is 3.05. The topological polar surface area (TPSA) is 152 Å². The number of nitrogens with one attached hydrogen (secondary N) is 1. The van der Waals surface area contributed by atoms with Crippen LogP contribution in [0.15, 0.2) is 72.3 Å². The summed E-state index contributed by atoms with van der Waals surface area (Å²) in [4.78, 5) is 34.2. The molecule has 10 heteroatoms. The van der Waals surface area contributed by atoms with E-state index in [1.165, 1.54) is 43.5 Å². The molecular weight excluding hydrogens is 454 g/mol. The normalized spacial score (nSPS) is 10.7. The van der Waals surface area contributed by atoms with Crippen molar-refractivity contribution in [2.45, 2.75) is 6.61 Å². The van der Waals surface area contributed by atoms with Gasteiger partial charge in [-0.25, -0.2) is 4.79 Å². The summed E-state index contributed by atoms with van der Waals surface area (Å²) in [6.07, 6.45) is 1.33. The number of non-ortho nitro benzene ring substituents is 1. The SMILES string of the molecule is COc1cc(/C=C(\C#N)C(=O)Nc2ccccc2C(=O)O)ccc1OCc1ccc([N+](=O)[O-])cc1. The van der Waals surface area contributed by atoms with Gasteiger partial charge in [0, 0.05) is 12.1 Å². The fraction of sp³-hybridized carbons (Fsp3) is 0.0800. The second-order valence-electron chi connectivity index (χ2n) is 7.10. The van der Waals surface area contributed by atoms with Crippen molar-refractivity contribution in [3.05, 3.63) is 99.1 Å². The molecule has 0 aliphatic heterocycles. The minimum atomic E-state index is -1.21. The van der Waals surface area contributed by atoms with E-state index in [1.54, 1.807) is 36.4 Å². The zero-order valence-corrected chi connectivity index (χ0v) is 18.4. The number of rotatable bonds is 9. The summed E-state index contributed by atoms with van der Waals surface area (Å²) in [5.74, 6) is -1.24. The van der Waals surface area contributed by atoms with Crippen LogP contribution in [0.4, 0.5) is 11.4 Å². The first-order chi connectivity index (χ1) is 16.8. The molecule has 0 fully saturated rings. The van der Waals surface area contributed by atoms with Crippen LogP contribution in [-0.2, 0) is 11.4 Å². The minimum Gasteiger partial charge on any atom is -0.493 e. The first-order valence-electron chi connectivity index (χ1n) is 10.1. The maximum atomic E-state index is 12.6. The highest BCUT2D eigenvalue weighted by atomic mass is 16.6. The number of anilines is 1. The molecule has 0 saturated heterocycles. The van der Waals surface area contributed by atoms with E-state index in [-0.39, 0.29) is 29.1 Å². The third-order valence-corrected chi connectivity index (χ3v) is 4.81. The fourth-order valence-electron chi connectivity index (χ4n) is 3.05. The lowest BCUT2D eigenvalue weighted by Gasteiger charge is -2.12. The summed E-state index contributed by atoms with van der Waals surface area (Å²) in [6, 6.07) is 18.4. The lowest BCUT2D eigenvalue weighted by molar-refractivity contribution is -0.384. The number of para-hydroxylation sites is 1. The third-order valence-electron chi connectivity index (χ3n) is 4.81. The molecule has 176 valence electrons. The van der Waals surface area contributed by atoms with Gasteiger partial charge in [-0.2, -0.15) is 5.26 Å². The average Bonchev–Trinajstić information content (AvgIpc) is 2.86. The Kier molecular flexibility index (Phi) is 7.77. The molecule has 0 spiro atoms. The molecule has 10 nitrogen and oxygen atoms in total. The summed E-state index contributed by atoms with van der Waals surface area (Å²) >= 11 is 0. The minimum absolute atomic E-state index is 0.0220. The Morgan fingerprint density at radius 1 is 1.11 bits per heavy atom. The van der Waals surface area contributed by atoms with Crippen molar-refractivity contribution in [1.29, 1.82) is 5.26 Å². The summed E-state index contributed by atoms with van der Waals surface area (Å²) < 4.78 is 11.1. The maximum Gasteiger partial charge on any atom is 0.337 e. The Hall–Kier alpha value is -5.17. The van der Waals surface area contributed by atoms with Gasteiger partial charge in [-0.3, -0.25) is 14.9 Å². The van der Waals surface area contributed by atoms with Gasteiger partial charge in [-0.1, -0.05) is 18.2 Å². The van der Waals surface area contributed by atoms with E-state index in [0.717, 1.165) is 0 Å². The predicted molar refractivity (Wildman–Crippen MR) is 126 cm³/mol. The number of nitro benzene ring substituents is 1. The Morgan fingerprint density at radius 3 is 2.46 bits per heavy atom. The highest BCUT2D eigenvalue weighted by Crippen LogP contribution is 2.30. The number of hydrogen-bond donors (Lipinski definition) is 2. The number of carbonyl (C=O) groups is 2. The number of ether oxygens (including phenoxy) is 2. The largest absolute Gasteiger partial charge is 0.493 e. The average molecular weight is 473 g/mol. The number of amides is 1. The van der Waals surface area contributed by atoms with Gasteiger partial charge >= 0.3 is 5.97 Å². The molecule has 3 rings (SSSR count). The van der Waals surface area contributed by atoms with Gasteiger partial charge in [0.15, 0.2) is 11.5 Å². The molecule has 0 heterocycles. The Bertz CT molecular complexity index is 1340. The van der Waals surface area contributed by atoms with Gasteiger partial charge in [0.25, 0.3) is 11.6 Å².